The van der Waals surface area contributed by atoms with E-state index in [1.165, 1.54) is 18.2 Å². The number of aliphatic hydroxyl groups is 1. The molecule has 0 fully saturated rings. The van der Waals surface area contributed by atoms with E-state index < -0.39 is 10.0 Å². The lowest BCUT2D eigenvalue weighted by atomic mass is 10.2. The highest BCUT2D eigenvalue weighted by Gasteiger charge is 2.15. The largest absolute Gasteiger partial charge is 0.392 e. The molecule has 0 radical (unpaired) electrons. The Balaban J connectivity index is 2.16. The topological polar surface area (TPSA) is 79.3 Å². The predicted molar refractivity (Wildman–Crippen MR) is 75.6 cm³/mol. The molecule has 20 heavy (non-hydrogen) atoms. The van der Waals surface area contributed by atoms with E-state index in [9.17, 15) is 8.42 Å². The molecule has 1 aromatic heterocycles. The zero-order valence-corrected chi connectivity index (χ0v) is 12.0. The zero-order valence-electron chi connectivity index (χ0n) is 10.5. The van der Waals surface area contributed by atoms with Gasteiger partial charge in [0.2, 0.25) is 10.0 Å². The Morgan fingerprint density at radius 2 is 2.05 bits per heavy atom. The standard InChI is InChI=1S/C13H13ClN2O3S/c14-13-7-12(5-4-10(13)9-17)20(18,19)16-8-11-3-1-2-6-15-11/h1-7,16-17H,8-9H2. The molecule has 2 N–H and O–H groups in total. The summed E-state index contributed by atoms with van der Waals surface area (Å²) in [4.78, 5) is 4.09. The molecular weight excluding hydrogens is 300 g/mol. The van der Waals surface area contributed by atoms with Crippen LogP contribution < -0.4 is 4.72 Å². The molecule has 0 unspecified atom stereocenters. The fourth-order valence-electron chi connectivity index (χ4n) is 1.58. The summed E-state index contributed by atoms with van der Waals surface area (Å²) in [7, 11) is -3.66. The third-order valence-corrected chi connectivity index (χ3v) is 4.43. The summed E-state index contributed by atoms with van der Waals surface area (Å²) in [6.45, 7) is -0.136. The van der Waals surface area contributed by atoms with Crippen LogP contribution in [0.15, 0.2) is 47.5 Å². The van der Waals surface area contributed by atoms with Crippen molar-refractivity contribution in [3.8, 4) is 0 Å². The van der Waals surface area contributed by atoms with Gasteiger partial charge in [0.25, 0.3) is 0 Å². The van der Waals surface area contributed by atoms with E-state index in [0.717, 1.165) is 0 Å². The van der Waals surface area contributed by atoms with Crippen LogP contribution in [-0.4, -0.2) is 18.5 Å². The van der Waals surface area contributed by atoms with Gasteiger partial charge in [-0.15, -0.1) is 0 Å². The van der Waals surface area contributed by atoms with E-state index in [2.05, 4.69) is 9.71 Å². The molecule has 1 aromatic carbocycles. The summed E-state index contributed by atoms with van der Waals surface area (Å²) in [6.07, 6.45) is 1.59. The molecule has 0 spiro atoms. The van der Waals surface area contributed by atoms with Crippen molar-refractivity contribution in [2.75, 3.05) is 0 Å². The zero-order chi connectivity index (χ0) is 14.6. The number of aliphatic hydroxyl groups excluding tert-OH is 1. The van der Waals surface area contributed by atoms with Crippen LogP contribution in [0.1, 0.15) is 11.3 Å². The molecule has 2 aromatic rings. The first-order valence-electron chi connectivity index (χ1n) is 5.82. The molecule has 0 amide bonds. The molecule has 0 aliphatic rings. The Labute approximate surface area is 122 Å². The number of halogens is 1. The van der Waals surface area contributed by atoms with Crippen molar-refractivity contribution in [3.63, 3.8) is 0 Å². The van der Waals surface area contributed by atoms with Crippen molar-refractivity contribution in [1.29, 1.82) is 0 Å². The van der Waals surface area contributed by atoms with Crippen LogP contribution in [0, 0.1) is 0 Å². The molecule has 0 bridgehead atoms. The number of nitrogens with zero attached hydrogens (tertiary/aromatic N) is 1. The highest BCUT2D eigenvalue weighted by atomic mass is 35.5. The summed E-state index contributed by atoms with van der Waals surface area (Å²) >= 11 is 5.89. The lowest BCUT2D eigenvalue weighted by Crippen LogP contribution is -2.23. The smallest absolute Gasteiger partial charge is 0.240 e. The van der Waals surface area contributed by atoms with E-state index in [1.54, 1.807) is 24.4 Å². The van der Waals surface area contributed by atoms with Crippen LogP contribution >= 0.6 is 11.6 Å². The molecule has 0 aliphatic heterocycles. The first kappa shape index (κ1) is 14.9. The average Bonchev–Trinajstić information content (AvgIpc) is 2.46. The van der Waals surface area contributed by atoms with Gasteiger partial charge in [-0.05, 0) is 29.8 Å². The number of sulfonamides is 1. The molecule has 0 atom stereocenters. The number of rotatable bonds is 5. The maximum Gasteiger partial charge on any atom is 0.240 e. The summed E-state index contributed by atoms with van der Waals surface area (Å²) < 4.78 is 26.6. The van der Waals surface area contributed by atoms with Crippen LogP contribution in [-0.2, 0) is 23.2 Å². The van der Waals surface area contributed by atoms with Gasteiger partial charge in [-0.1, -0.05) is 23.7 Å². The maximum absolute atomic E-state index is 12.1. The molecule has 106 valence electrons. The minimum Gasteiger partial charge on any atom is -0.392 e. The average molecular weight is 313 g/mol. The SMILES string of the molecule is O=S(=O)(NCc1ccccn1)c1ccc(CO)c(Cl)c1. The van der Waals surface area contributed by atoms with Crippen LogP contribution in [0.2, 0.25) is 5.02 Å². The van der Waals surface area contributed by atoms with Gasteiger partial charge in [0.15, 0.2) is 0 Å². The van der Waals surface area contributed by atoms with Crippen molar-refractivity contribution < 1.29 is 13.5 Å². The summed E-state index contributed by atoms with van der Waals surface area (Å²) in [5.41, 5.74) is 1.10. The molecule has 5 nitrogen and oxygen atoms in total. The lowest BCUT2D eigenvalue weighted by Gasteiger charge is -2.08. The fraction of sp³-hybridized carbons (Fsp3) is 0.154. The van der Waals surface area contributed by atoms with Crippen molar-refractivity contribution in [2.45, 2.75) is 18.0 Å². The van der Waals surface area contributed by atoms with Crippen molar-refractivity contribution in [2.24, 2.45) is 0 Å². The highest BCUT2D eigenvalue weighted by Crippen LogP contribution is 2.20. The predicted octanol–water partition coefficient (Wildman–Crippen LogP) is 1.71. The molecule has 0 saturated carbocycles. The minimum absolute atomic E-state index is 0.0515. The third kappa shape index (κ3) is 3.55. The maximum atomic E-state index is 12.1. The van der Waals surface area contributed by atoms with Gasteiger partial charge in [0.05, 0.1) is 23.7 Å². The van der Waals surface area contributed by atoms with E-state index in [-0.39, 0.29) is 23.1 Å². The second kappa shape index (κ2) is 6.32. The van der Waals surface area contributed by atoms with Crippen LogP contribution in [0.5, 0.6) is 0 Å². The first-order valence-corrected chi connectivity index (χ1v) is 7.68. The van der Waals surface area contributed by atoms with Gasteiger partial charge in [-0.3, -0.25) is 4.98 Å². The Hall–Kier alpha value is -1.47. The van der Waals surface area contributed by atoms with Gasteiger partial charge >= 0.3 is 0 Å². The Morgan fingerprint density at radius 3 is 2.65 bits per heavy atom. The molecular formula is C13H13ClN2O3S. The van der Waals surface area contributed by atoms with Gasteiger partial charge in [0.1, 0.15) is 0 Å². The molecule has 0 saturated heterocycles. The van der Waals surface area contributed by atoms with Crippen LogP contribution in [0.25, 0.3) is 0 Å². The number of hydrogen-bond acceptors (Lipinski definition) is 4. The third-order valence-electron chi connectivity index (χ3n) is 2.67. The normalized spacial score (nSPS) is 11.5. The van der Waals surface area contributed by atoms with Crippen molar-refractivity contribution in [1.82, 2.24) is 9.71 Å². The quantitative estimate of drug-likeness (QED) is 0.881. The second-order valence-corrected chi connectivity index (χ2v) is 6.23. The van der Waals surface area contributed by atoms with E-state index in [0.29, 0.717) is 11.3 Å². The Kier molecular flexibility index (Phi) is 4.72. The van der Waals surface area contributed by atoms with Crippen molar-refractivity contribution in [3.05, 3.63) is 58.9 Å². The van der Waals surface area contributed by atoms with Gasteiger partial charge in [-0.25, -0.2) is 13.1 Å². The number of benzene rings is 1. The number of nitrogens with one attached hydrogen (secondary N) is 1. The fourth-order valence-corrected chi connectivity index (χ4v) is 2.91. The van der Waals surface area contributed by atoms with E-state index in [1.807, 2.05) is 0 Å². The number of hydrogen-bond donors (Lipinski definition) is 2. The van der Waals surface area contributed by atoms with Crippen molar-refractivity contribution >= 4 is 21.6 Å². The van der Waals surface area contributed by atoms with E-state index in [4.69, 9.17) is 16.7 Å². The molecule has 2 rings (SSSR count). The van der Waals surface area contributed by atoms with Crippen LogP contribution in [0.3, 0.4) is 0 Å². The van der Waals surface area contributed by atoms with Crippen LogP contribution in [0.4, 0.5) is 0 Å². The first-order chi connectivity index (χ1) is 9.53. The minimum atomic E-state index is -3.66. The van der Waals surface area contributed by atoms with Gasteiger partial charge in [0, 0.05) is 11.2 Å². The highest BCUT2D eigenvalue weighted by molar-refractivity contribution is 7.89. The molecule has 1 heterocycles. The number of pyridine rings is 1. The summed E-state index contributed by atoms with van der Waals surface area (Å²) in [6, 6.07) is 9.46. The summed E-state index contributed by atoms with van der Waals surface area (Å²) in [5.74, 6) is 0. The summed E-state index contributed by atoms with van der Waals surface area (Å²) in [5, 5.41) is 9.22. The Bertz CT molecular complexity index is 690. The second-order valence-electron chi connectivity index (χ2n) is 4.06. The van der Waals surface area contributed by atoms with Gasteiger partial charge in [-0.2, -0.15) is 0 Å². The molecule has 0 aliphatic carbocycles. The number of aromatic nitrogens is 1. The van der Waals surface area contributed by atoms with E-state index >= 15 is 0 Å². The lowest BCUT2D eigenvalue weighted by molar-refractivity contribution is 0.282. The molecule has 7 heteroatoms. The van der Waals surface area contributed by atoms with Gasteiger partial charge < -0.3 is 5.11 Å². The monoisotopic (exact) mass is 312 g/mol. The Morgan fingerprint density at radius 1 is 1.25 bits per heavy atom.